The van der Waals surface area contributed by atoms with Crippen molar-refractivity contribution < 1.29 is 9.53 Å². The Bertz CT molecular complexity index is 765. The summed E-state index contributed by atoms with van der Waals surface area (Å²) in [5.41, 5.74) is 2.13. The summed E-state index contributed by atoms with van der Waals surface area (Å²) in [6.45, 7) is 9.69. The number of carbonyl (C=O) groups is 1. The van der Waals surface area contributed by atoms with Crippen LogP contribution in [-0.2, 0) is 4.74 Å². The Morgan fingerprint density at radius 3 is 2.00 bits per heavy atom. The first-order chi connectivity index (χ1) is 19.0. The minimum atomic E-state index is -0.160. The highest BCUT2D eigenvalue weighted by atomic mass is 16.5. The summed E-state index contributed by atoms with van der Waals surface area (Å²) in [6, 6.07) is 8.40. The van der Waals surface area contributed by atoms with E-state index < -0.39 is 0 Å². The first-order valence-corrected chi connectivity index (χ1v) is 17.2. The van der Waals surface area contributed by atoms with Gasteiger partial charge in [0.2, 0.25) is 0 Å². The third-order valence-electron chi connectivity index (χ3n) is 10.2. The molecule has 2 fully saturated rings. The number of carbonyl (C=O) groups excluding carboxylic acids is 1. The Hall–Kier alpha value is -1.31. The molecule has 0 heterocycles. The molecule has 1 unspecified atom stereocenters. The van der Waals surface area contributed by atoms with Gasteiger partial charge in [-0.2, -0.15) is 0 Å². The third-order valence-corrected chi connectivity index (χ3v) is 10.2. The van der Waals surface area contributed by atoms with E-state index >= 15 is 0 Å². The standard InChI is InChI=1S/C37H62O2/c1-5-6-7-8-9-10-14-31-15-17-32(18-16-31)33-19-21-34(22-20-33)35-23-25-36(26-24-35)37(38)39-28-27-30(4)13-11-12-29(2)3/h23-26,29-34H,5-22,27-28H2,1-4H3. The Labute approximate surface area is 242 Å². The monoisotopic (exact) mass is 538 g/mol. The van der Waals surface area contributed by atoms with Gasteiger partial charge < -0.3 is 4.74 Å². The zero-order valence-corrected chi connectivity index (χ0v) is 26.2. The topological polar surface area (TPSA) is 26.3 Å². The molecule has 0 N–H and O–H groups in total. The molecule has 0 aliphatic heterocycles. The maximum atomic E-state index is 12.5. The molecule has 1 aromatic carbocycles. The fourth-order valence-corrected chi connectivity index (χ4v) is 7.43. The van der Waals surface area contributed by atoms with E-state index in [2.05, 4.69) is 39.8 Å². The molecule has 0 amide bonds. The van der Waals surface area contributed by atoms with Crippen LogP contribution in [-0.4, -0.2) is 12.6 Å². The second-order valence-electron chi connectivity index (χ2n) is 13.9. The molecule has 0 spiro atoms. The van der Waals surface area contributed by atoms with Gasteiger partial charge in [0.15, 0.2) is 0 Å². The van der Waals surface area contributed by atoms with Crippen LogP contribution in [0, 0.1) is 29.6 Å². The van der Waals surface area contributed by atoms with Crippen LogP contribution in [0.2, 0.25) is 0 Å². The number of esters is 1. The predicted molar refractivity (Wildman–Crippen MR) is 167 cm³/mol. The van der Waals surface area contributed by atoms with Crippen molar-refractivity contribution >= 4 is 5.97 Å². The molecule has 0 radical (unpaired) electrons. The number of rotatable bonds is 17. The van der Waals surface area contributed by atoms with Gasteiger partial charge in [0.05, 0.1) is 12.2 Å². The predicted octanol–water partition coefficient (Wildman–Crippen LogP) is 11.5. The van der Waals surface area contributed by atoms with Gasteiger partial charge in [0, 0.05) is 0 Å². The van der Waals surface area contributed by atoms with Crippen molar-refractivity contribution in [1.29, 1.82) is 0 Å². The van der Waals surface area contributed by atoms with Gasteiger partial charge in [-0.05, 0) is 98.1 Å². The van der Waals surface area contributed by atoms with Gasteiger partial charge in [-0.3, -0.25) is 0 Å². The highest BCUT2D eigenvalue weighted by Gasteiger charge is 2.31. The molecule has 2 nitrogen and oxygen atoms in total. The van der Waals surface area contributed by atoms with Crippen molar-refractivity contribution in [3.8, 4) is 0 Å². The van der Waals surface area contributed by atoms with Crippen LogP contribution in [0.4, 0.5) is 0 Å². The van der Waals surface area contributed by atoms with Crippen LogP contribution < -0.4 is 0 Å². The Morgan fingerprint density at radius 1 is 0.744 bits per heavy atom. The number of unbranched alkanes of at least 4 members (excludes halogenated alkanes) is 5. The summed E-state index contributed by atoms with van der Waals surface area (Å²) in [5.74, 6) is 4.87. The first-order valence-electron chi connectivity index (χ1n) is 17.2. The largest absolute Gasteiger partial charge is 0.462 e. The highest BCUT2D eigenvalue weighted by Crippen LogP contribution is 2.44. The van der Waals surface area contributed by atoms with E-state index in [-0.39, 0.29) is 5.97 Å². The number of benzene rings is 1. The van der Waals surface area contributed by atoms with Crippen LogP contribution >= 0.6 is 0 Å². The maximum absolute atomic E-state index is 12.5. The molecule has 2 aliphatic carbocycles. The molecule has 0 aromatic heterocycles. The number of hydrogen-bond acceptors (Lipinski definition) is 2. The number of ether oxygens (including phenoxy) is 1. The van der Waals surface area contributed by atoms with Crippen LogP contribution in [0.15, 0.2) is 24.3 Å². The van der Waals surface area contributed by atoms with Crippen molar-refractivity contribution in [3.05, 3.63) is 35.4 Å². The zero-order chi connectivity index (χ0) is 27.9. The van der Waals surface area contributed by atoms with Crippen molar-refractivity contribution in [2.75, 3.05) is 6.61 Å². The summed E-state index contributed by atoms with van der Waals surface area (Å²) in [4.78, 5) is 12.5. The minimum absolute atomic E-state index is 0.160. The fourth-order valence-electron chi connectivity index (χ4n) is 7.43. The van der Waals surface area contributed by atoms with Crippen LogP contribution in [0.25, 0.3) is 0 Å². The van der Waals surface area contributed by atoms with Crippen LogP contribution in [0.5, 0.6) is 0 Å². The molecule has 2 saturated carbocycles. The van der Waals surface area contributed by atoms with Crippen molar-refractivity contribution in [3.63, 3.8) is 0 Å². The van der Waals surface area contributed by atoms with Gasteiger partial charge in [-0.25, -0.2) is 4.79 Å². The minimum Gasteiger partial charge on any atom is -0.462 e. The average molecular weight is 539 g/mol. The Morgan fingerprint density at radius 2 is 1.36 bits per heavy atom. The van der Waals surface area contributed by atoms with Crippen molar-refractivity contribution in [2.24, 2.45) is 29.6 Å². The fraction of sp³-hybridized carbons (Fsp3) is 0.811. The molecular formula is C37H62O2. The molecule has 0 bridgehead atoms. The smallest absolute Gasteiger partial charge is 0.338 e. The quantitative estimate of drug-likeness (QED) is 0.146. The van der Waals surface area contributed by atoms with Gasteiger partial charge in [-0.15, -0.1) is 0 Å². The first kappa shape index (κ1) is 32.2. The van der Waals surface area contributed by atoms with E-state index in [1.807, 2.05) is 12.1 Å². The lowest BCUT2D eigenvalue weighted by Crippen LogP contribution is -2.25. The molecule has 1 aromatic rings. The van der Waals surface area contributed by atoms with E-state index in [4.69, 9.17) is 4.74 Å². The van der Waals surface area contributed by atoms with Gasteiger partial charge in [0.1, 0.15) is 0 Å². The van der Waals surface area contributed by atoms with Gasteiger partial charge in [-0.1, -0.05) is 117 Å². The lowest BCUT2D eigenvalue weighted by molar-refractivity contribution is 0.0483. The zero-order valence-electron chi connectivity index (χ0n) is 26.2. The van der Waals surface area contributed by atoms with Gasteiger partial charge >= 0.3 is 5.97 Å². The van der Waals surface area contributed by atoms with E-state index in [0.29, 0.717) is 24.0 Å². The van der Waals surface area contributed by atoms with Crippen molar-refractivity contribution in [1.82, 2.24) is 0 Å². The average Bonchev–Trinajstić information content (AvgIpc) is 2.95. The molecule has 39 heavy (non-hydrogen) atoms. The number of hydrogen-bond donors (Lipinski definition) is 0. The molecule has 2 heteroatoms. The molecule has 3 rings (SSSR count). The van der Waals surface area contributed by atoms with E-state index in [9.17, 15) is 4.79 Å². The SMILES string of the molecule is CCCCCCCCC1CCC(C2CCC(c3ccc(C(=O)OCCC(C)CCCC(C)C)cc3)CC2)CC1. The van der Waals surface area contributed by atoms with E-state index in [0.717, 1.165) is 30.1 Å². The normalized spacial score (nSPS) is 24.5. The van der Waals surface area contributed by atoms with Crippen molar-refractivity contribution in [2.45, 2.75) is 156 Å². The summed E-state index contributed by atoms with van der Waals surface area (Å²) in [7, 11) is 0. The molecule has 1 atom stereocenters. The highest BCUT2D eigenvalue weighted by molar-refractivity contribution is 5.89. The van der Waals surface area contributed by atoms with E-state index in [1.165, 1.54) is 121 Å². The third kappa shape index (κ3) is 12.0. The summed E-state index contributed by atoms with van der Waals surface area (Å²) in [6.07, 6.45) is 26.3. The van der Waals surface area contributed by atoms with Crippen LogP contribution in [0.3, 0.4) is 0 Å². The summed E-state index contributed by atoms with van der Waals surface area (Å²) < 4.78 is 5.60. The Balaban J connectivity index is 1.29. The second kappa shape index (κ2) is 18.2. The molecule has 0 saturated heterocycles. The summed E-state index contributed by atoms with van der Waals surface area (Å²) in [5, 5.41) is 0. The lowest BCUT2D eigenvalue weighted by Gasteiger charge is -2.38. The Kier molecular flexibility index (Phi) is 15.0. The lowest BCUT2D eigenvalue weighted by atomic mass is 9.68. The van der Waals surface area contributed by atoms with E-state index in [1.54, 1.807) is 0 Å². The maximum Gasteiger partial charge on any atom is 0.338 e. The molecular weight excluding hydrogens is 476 g/mol. The second-order valence-corrected chi connectivity index (χ2v) is 13.9. The van der Waals surface area contributed by atoms with Gasteiger partial charge in [0.25, 0.3) is 0 Å². The van der Waals surface area contributed by atoms with Crippen LogP contribution in [0.1, 0.15) is 172 Å². The molecule has 2 aliphatic rings. The summed E-state index contributed by atoms with van der Waals surface area (Å²) >= 11 is 0. The molecule has 222 valence electrons.